The van der Waals surface area contributed by atoms with Gasteiger partial charge in [0.2, 0.25) is 0 Å². The number of fused-ring (bicyclic) bond motifs is 5. The molecule has 0 heterocycles. The fourth-order valence-electron chi connectivity index (χ4n) is 7.19. The van der Waals surface area contributed by atoms with Gasteiger partial charge in [-0.2, -0.15) is 0 Å². The van der Waals surface area contributed by atoms with E-state index in [1.54, 1.807) is 0 Å². The summed E-state index contributed by atoms with van der Waals surface area (Å²) in [5.74, 6) is 0.885. The van der Waals surface area contributed by atoms with Crippen LogP contribution in [0.4, 0.5) is 0 Å². The van der Waals surface area contributed by atoms with E-state index in [9.17, 15) is 15.0 Å². The van der Waals surface area contributed by atoms with Crippen molar-refractivity contribution in [2.75, 3.05) is 0 Å². The number of hydrogen-bond donors (Lipinski definition) is 2. The Kier molecular flexibility index (Phi) is 3.46. The highest BCUT2D eigenvalue weighted by Crippen LogP contribution is 2.69. The lowest BCUT2D eigenvalue weighted by Crippen LogP contribution is -2.64. The molecule has 4 aliphatic carbocycles. The zero-order valence-corrected chi connectivity index (χ0v) is 15.4. The van der Waals surface area contributed by atoms with E-state index in [-0.39, 0.29) is 22.5 Å². The van der Waals surface area contributed by atoms with Crippen LogP contribution < -0.4 is 0 Å². The molecule has 24 heavy (non-hydrogen) atoms. The maximum absolute atomic E-state index is 11.9. The van der Waals surface area contributed by atoms with Gasteiger partial charge in [0.1, 0.15) is 0 Å². The molecule has 0 bridgehead atoms. The van der Waals surface area contributed by atoms with Gasteiger partial charge in [-0.3, -0.25) is 4.79 Å². The molecule has 0 amide bonds. The van der Waals surface area contributed by atoms with Crippen LogP contribution in [0, 0.1) is 22.7 Å². The Morgan fingerprint density at radius 3 is 2.50 bits per heavy atom. The average Bonchev–Trinajstić information content (AvgIpc) is 2.82. The van der Waals surface area contributed by atoms with Crippen molar-refractivity contribution < 1.29 is 15.0 Å². The molecule has 0 aromatic heterocycles. The summed E-state index contributed by atoms with van der Waals surface area (Å²) in [7, 11) is 0. The average molecular weight is 332 g/mol. The third kappa shape index (κ3) is 1.78. The van der Waals surface area contributed by atoms with E-state index in [1.807, 2.05) is 6.08 Å². The molecule has 3 heteroatoms. The van der Waals surface area contributed by atoms with Gasteiger partial charge in [-0.05, 0) is 74.7 Å². The summed E-state index contributed by atoms with van der Waals surface area (Å²) in [5, 5.41) is 23.1. The number of carbonyl (C=O) groups excluding carboxylic acids is 1. The Labute approximate surface area is 145 Å². The largest absolute Gasteiger partial charge is 0.389 e. The molecule has 2 N–H and O–H groups in total. The summed E-state index contributed by atoms with van der Waals surface area (Å²) in [4.78, 5) is 11.9. The van der Waals surface area contributed by atoms with E-state index in [2.05, 4.69) is 20.8 Å². The molecule has 4 aliphatic rings. The molecule has 4 rings (SSSR count). The van der Waals surface area contributed by atoms with E-state index >= 15 is 0 Å². The Morgan fingerprint density at radius 1 is 1.04 bits per heavy atom. The topological polar surface area (TPSA) is 57.5 Å². The fraction of sp³-hybridized carbons (Fsp3) is 0.857. The van der Waals surface area contributed by atoms with E-state index < -0.39 is 11.2 Å². The highest BCUT2D eigenvalue weighted by molar-refractivity contribution is 5.91. The summed E-state index contributed by atoms with van der Waals surface area (Å²) in [6.45, 7) is 6.57. The molecule has 3 fully saturated rings. The van der Waals surface area contributed by atoms with Crippen molar-refractivity contribution in [3.8, 4) is 0 Å². The molecule has 3 nitrogen and oxygen atoms in total. The summed E-state index contributed by atoms with van der Waals surface area (Å²) >= 11 is 0. The molecular weight excluding hydrogens is 300 g/mol. The van der Waals surface area contributed by atoms with Crippen molar-refractivity contribution in [3.05, 3.63) is 11.6 Å². The van der Waals surface area contributed by atoms with Crippen LogP contribution in [0.15, 0.2) is 11.6 Å². The van der Waals surface area contributed by atoms with Crippen LogP contribution in [0.25, 0.3) is 0 Å². The first-order valence-electron chi connectivity index (χ1n) is 9.89. The first-order chi connectivity index (χ1) is 11.2. The molecule has 0 aliphatic heterocycles. The molecule has 3 saturated carbocycles. The molecule has 0 aromatic carbocycles. The summed E-state index contributed by atoms with van der Waals surface area (Å²) in [6, 6.07) is 0. The summed E-state index contributed by atoms with van der Waals surface area (Å²) < 4.78 is 0. The first kappa shape index (κ1) is 16.8. The third-order valence-corrected chi connectivity index (χ3v) is 9.06. The predicted octanol–water partition coefficient (Wildman–Crippen LogP) is 3.77. The summed E-state index contributed by atoms with van der Waals surface area (Å²) in [5.41, 5.74) is -0.414. The second-order valence-corrected chi connectivity index (χ2v) is 9.49. The van der Waals surface area contributed by atoms with Crippen molar-refractivity contribution in [1.29, 1.82) is 0 Å². The van der Waals surface area contributed by atoms with Crippen LogP contribution in [0.2, 0.25) is 0 Å². The van der Waals surface area contributed by atoms with Crippen LogP contribution in [0.3, 0.4) is 0 Å². The van der Waals surface area contributed by atoms with E-state index in [1.165, 1.54) is 5.57 Å². The Balaban J connectivity index is 1.75. The van der Waals surface area contributed by atoms with E-state index in [0.717, 1.165) is 51.4 Å². The Hall–Kier alpha value is -0.670. The summed E-state index contributed by atoms with van der Waals surface area (Å²) in [6.07, 6.45) is 9.45. The van der Waals surface area contributed by atoms with Crippen LogP contribution in [0.1, 0.15) is 78.6 Å². The van der Waals surface area contributed by atoms with Crippen molar-refractivity contribution >= 4 is 5.78 Å². The number of carbonyl (C=O) groups is 1. The van der Waals surface area contributed by atoms with Crippen molar-refractivity contribution in [2.45, 2.75) is 89.8 Å². The van der Waals surface area contributed by atoms with Gasteiger partial charge in [0.15, 0.2) is 5.78 Å². The minimum atomic E-state index is -0.707. The minimum absolute atomic E-state index is 0.0687. The van der Waals surface area contributed by atoms with E-state index in [0.29, 0.717) is 12.3 Å². The quantitative estimate of drug-likeness (QED) is 0.768. The van der Waals surface area contributed by atoms with Gasteiger partial charge in [-0.25, -0.2) is 0 Å². The highest BCUT2D eigenvalue weighted by Gasteiger charge is 2.68. The number of aliphatic hydroxyl groups is 2. The van der Waals surface area contributed by atoms with Gasteiger partial charge in [-0.15, -0.1) is 0 Å². The van der Waals surface area contributed by atoms with Crippen LogP contribution >= 0.6 is 0 Å². The molecule has 0 saturated heterocycles. The first-order valence-corrected chi connectivity index (χ1v) is 9.89. The maximum atomic E-state index is 11.9. The van der Waals surface area contributed by atoms with Gasteiger partial charge in [0.25, 0.3) is 0 Å². The van der Waals surface area contributed by atoms with Crippen LogP contribution in [-0.4, -0.2) is 27.2 Å². The number of ketones is 1. The van der Waals surface area contributed by atoms with Crippen molar-refractivity contribution in [2.24, 2.45) is 22.7 Å². The van der Waals surface area contributed by atoms with Gasteiger partial charge in [0.05, 0.1) is 11.2 Å². The number of rotatable bonds is 1. The van der Waals surface area contributed by atoms with Crippen LogP contribution in [0.5, 0.6) is 0 Å². The zero-order valence-electron chi connectivity index (χ0n) is 15.4. The lowest BCUT2D eigenvalue weighted by Gasteiger charge is -2.63. The Bertz CT molecular complexity index is 610. The lowest BCUT2D eigenvalue weighted by atomic mass is 9.44. The molecule has 6 atom stereocenters. The van der Waals surface area contributed by atoms with E-state index in [4.69, 9.17) is 0 Å². The molecule has 0 radical (unpaired) electrons. The normalized spacial score (nSPS) is 53.9. The maximum Gasteiger partial charge on any atom is 0.155 e. The van der Waals surface area contributed by atoms with Crippen LogP contribution in [-0.2, 0) is 4.79 Å². The second-order valence-electron chi connectivity index (χ2n) is 9.49. The second kappa shape index (κ2) is 4.94. The monoisotopic (exact) mass is 332 g/mol. The van der Waals surface area contributed by atoms with Gasteiger partial charge in [-0.1, -0.05) is 26.3 Å². The van der Waals surface area contributed by atoms with Gasteiger partial charge in [0, 0.05) is 11.8 Å². The standard InChI is InChI=1S/C21H32O3/c1-4-20(23)10-8-16-17-6-5-14-13-15(22)7-9-18(14,2)21(17,24)12-11-19(16,20)3/h13,16-17,23-24H,4-12H2,1-3H3/t16-,17-,18-,19-,20+,21+/m0/s1. The molecule has 0 aromatic rings. The minimum Gasteiger partial charge on any atom is -0.389 e. The SMILES string of the molecule is CC[C@@]1(O)CC[C@H]2[C@@H]3CCC4=CC(=O)CC[C@]4(C)[C@@]3(O)CC[C@@]21C. The molecule has 0 unspecified atom stereocenters. The number of hydrogen-bond acceptors (Lipinski definition) is 3. The lowest BCUT2D eigenvalue weighted by molar-refractivity contribution is -0.210. The molecule has 134 valence electrons. The van der Waals surface area contributed by atoms with Gasteiger partial charge >= 0.3 is 0 Å². The van der Waals surface area contributed by atoms with Gasteiger partial charge < -0.3 is 10.2 Å². The molecular formula is C21H32O3. The smallest absolute Gasteiger partial charge is 0.155 e. The highest BCUT2D eigenvalue weighted by atomic mass is 16.3. The van der Waals surface area contributed by atoms with Crippen molar-refractivity contribution in [3.63, 3.8) is 0 Å². The van der Waals surface area contributed by atoms with Crippen molar-refractivity contribution in [1.82, 2.24) is 0 Å². The predicted molar refractivity (Wildman–Crippen MR) is 93.4 cm³/mol. The fourth-order valence-corrected chi connectivity index (χ4v) is 7.19. The molecule has 0 spiro atoms. The zero-order chi connectivity index (χ0) is 17.4. The third-order valence-electron chi connectivity index (χ3n) is 9.06. The Morgan fingerprint density at radius 2 is 1.79 bits per heavy atom.